The van der Waals surface area contributed by atoms with E-state index in [1.807, 2.05) is 41.3 Å². The molecule has 1 unspecified atom stereocenters. The number of aryl methyl sites for hydroxylation is 1. The molecule has 0 aromatic heterocycles. The Morgan fingerprint density at radius 2 is 1.60 bits per heavy atom. The summed E-state index contributed by atoms with van der Waals surface area (Å²) in [5.41, 5.74) is 2.35. The molecular formula is C21H25NO3. The third-order valence-corrected chi connectivity index (χ3v) is 4.86. The molecule has 132 valence electrons. The zero-order valence-corrected chi connectivity index (χ0v) is 14.9. The van der Waals surface area contributed by atoms with E-state index in [1.165, 1.54) is 5.56 Å². The first-order valence-corrected chi connectivity index (χ1v) is 8.77. The number of hydrogen-bond acceptors (Lipinski definition) is 3. The van der Waals surface area contributed by atoms with E-state index in [-0.39, 0.29) is 11.9 Å². The van der Waals surface area contributed by atoms with Crippen LogP contribution in [0.1, 0.15) is 36.4 Å². The van der Waals surface area contributed by atoms with Crippen molar-refractivity contribution in [2.75, 3.05) is 20.8 Å². The van der Waals surface area contributed by atoms with Crippen LogP contribution < -0.4 is 9.47 Å². The van der Waals surface area contributed by atoms with Gasteiger partial charge in [0.2, 0.25) is 5.91 Å². The molecule has 1 aliphatic heterocycles. The van der Waals surface area contributed by atoms with E-state index in [1.54, 1.807) is 14.2 Å². The van der Waals surface area contributed by atoms with Crippen molar-refractivity contribution in [3.63, 3.8) is 0 Å². The molecule has 0 spiro atoms. The fourth-order valence-corrected chi connectivity index (χ4v) is 3.42. The molecule has 1 heterocycles. The monoisotopic (exact) mass is 339 g/mol. The minimum absolute atomic E-state index is 0.189. The first-order valence-electron chi connectivity index (χ1n) is 8.77. The molecule has 2 aromatic rings. The van der Waals surface area contributed by atoms with Crippen molar-refractivity contribution in [1.29, 1.82) is 0 Å². The highest BCUT2D eigenvalue weighted by Crippen LogP contribution is 2.33. The first kappa shape index (κ1) is 17.3. The molecule has 0 radical (unpaired) electrons. The van der Waals surface area contributed by atoms with Crippen LogP contribution in [0.5, 0.6) is 11.5 Å². The van der Waals surface area contributed by atoms with Gasteiger partial charge in [0.25, 0.3) is 0 Å². The third kappa shape index (κ3) is 4.13. The zero-order chi connectivity index (χ0) is 17.6. The minimum atomic E-state index is 0.189. The summed E-state index contributed by atoms with van der Waals surface area (Å²) >= 11 is 0. The van der Waals surface area contributed by atoms with Crippen molar-refractivity contribution >= 4 is 5.91 Å². The second kappa shape index (κ2) is 8.06. The van der Waals surface area contributed by atoms with Crippen LogP contribution in [0.4, 0.5) is 0 Å². The van der Waals surface area contributed by atoms with Gasteiger partial charge in [0.15, 0.2) is 0 Å². The summed E-state index contributed by atoms with van der Waals surface area (Å²) in [6, 6.07) is 16.2. The Kier molecular flexibility index (Phi) is 5.59. The quantitative estimate of drug-likeness (QED) is 0.798. The number of amides is 1. The molecule has 0 aliphatic carbocycles. The number of rotatable bonds is 6. The van der Waals surface area contributed by atoms with Crippen LogP contribution in [0, 0.1) is 0 Å². The second-order valence-electron chi connectivity index (χ2n) is 6.37. The Hall–Kier alpha value is -2.49. The summed E-state index contributed by atoms with van der Waals surface area (Å²) in [7, 11) is 3.32. The lowest BCUT2D eigenvalue weighted by molar-refractivity contribution is -0.132. The fourth-order valence-electron chi connectivity index (χ4n) is 3.42. The lowest BCUT2D eigenvalue weighted by Gasteiger charge is -2.25. The Balaban J connectivity index is 1.61. The van der Waals surface area contributed by atoms with Gasteiger partial charge in [-0.1, -0.05) is 24.3 Å². The van der Waals surface area contributed by atoms with E-state index in [4.69, 9.17) is 9.47 Å². The summed E-state index contributed by atoms with van der Waals surface area (Å²) in [5, 5.41) is 0. The smallest absolute Gasteiger partial charge is 0.223 e. The summed E-state index contributed by atoms with van der Waals surface area (Å²) < 4.78 is 10.4. The van der Waals surface area contributed by atoms with E-state index in [0.29, 0.717) is 6.42 Å². The van der Waals surface area contributed by atoms with Gasteiger partial charge in [0, 0.05) is 13.0 Å². The topological polar surface area (TPSA) is 38.8 Å². The summed E-state index contributed by atoms with van der Waals surface area (Å²) in [6.45, 7) is 0.845. The number of carbonyl (C=O) groups excluding carboxylic acids is 1. The maximum absolute atomic E-state index is 12.7. The van der Waals surface area contributed by atoms with Crippen LogP contribution in [-0.4, -0.2) is 31.6 Å². The van der Waals surface area contributed by atoms with E-state index >= 15 is 0 Å². The predicted molar refractivity (Wildman–Crippen MR) is 98.0 cm³/mol. The SMILES string of the molecule is COc1ccc(CCC(=O)N2CCCC2c2ccc(OC)cc2)cc1. The number of ether oxygens (including phenoxy) is 2. The van der Waals surface area contributed by atoms with Gasteiger partial charge in [0.05, 0.1) is 20.3 Å². The number of carbonyl (C=O) groups is 1. The van der Waals surface area contributed by atoms with Crippen molar-refractivity contribution in [2.24, 2.45) is 0 Å². The minimum Gasteiger partial charge on any atom is -0.497 e. The number of benzene rings is 2. The van der Waals surface area contributed by atoms with Gasteiger partial charge in [-0.05, 0) is 54.7 Å². The van der Waals surface area contributed by atoms with Crippen LogP contribution in [0.2, 0.25) is 0 Å². The molecule has 1 fully saturated rings. The highest BCUT2D eigenvalue weighted by molar-refractivity contribution is 5.77. The van der Waals surface area contributed by atoms with Crippen LogP contribution in [0.25, 0.3) is 0 Å². The van der Waals surface area contributed by atoms with Crippen LogP contribution in [0.3, 0.4) is 0 Å². The van der Waals surface area contributed by atoms with Crippen molar-refractivity contribution in [3.05, 3.63) is 59.7 Å². The molecule has 4 heteroatoms. The molecular weight excluding hydrogens is 314 g/mol. The maximum atomic E-state index is 12.7. The molecule has 2 aromatic carbocycles. The van der Waals surface area contributed by atoms with Crippen LogP contribution in [0.15, 0.2) is 48.5 Å². The lowest BCUT2D eigenvalue weighted by atomic mass is 10.0. The normalized spacial score (nSPS) is 16.7. The van der Waals surface area contributed by atoms with Gasteiger partial charge in [-0.2, -0.15) is 0 Å². The van der Waals surface area contributed by atoms with Crippen molar-refractivity contribution in [3.8, 4) is 11.5 Å². The first-order chi connectivity index (χ1) is 12.2. The molecule has 0 N–H and O–H groups in total. The van der Waals surface area contributed by atoms with Gasteiger partial charge in [0.1, 0.15) is 11.5 Å². The molecule has 1 aliphatic rings. The van der Waals surface area contributed by atoms with E-state index in [0.717, 1.165) is 42.9 Å². The van der Waals surface area contributed by atoms with Crippen LogP contribution in [-0.2, 0) is 11.2 Å². The maximum Gasteiger partial charge on any atom is 0.223 e. The molecule has 0 saturated carbocycles. The largest absolute Gasteiger partial charge is 0.497 e. The molecule has 1 atom stereocenters. The molecule has 0 bridgehead atoms. The summed E-state index contributed by atoms with van der Waals surface area (Å²) in [5.74, 6) is 1.92. The second-order valence-corrected chi connectivity index (χ2v) is 6.37. The Labute approximate surface area is 149 Å². The van der Waals surface area contributed by atoms with Gasteiger partial charge < -0.3 is 14.4 Å². The average Bonchev–Trinajstić information content (AvgIpc) is 3.16. The molecule has 3 rings (SSSR count). The number of nitrogens with zero attached hydrogens (tertiary/aromatic N) is 1. The molecule has 4 nitrogen and oxygen atoms in total. The third-order valence-electron chi connectivity index (χ3n) is 4.86. The predicted octanol–water partition coefficient (Wildman–Crippen LogP) is 4.00. The Bertz CT molecular complexity index is 694. The van der Waals surface area contributed by atoms with Crippen molar-refractivity contribution in [2.45, 2.75) is 31.7 Å². The van der Waals surface area contributed by atoms with Crippen molar-refractivity contribution in [1.82, 2.24) is 4.90 Å². The van der Waals surface area contributed by atoms with E-state index in [9.17, 15) is 4.79 Å². The van der Waals surface area contributed by atoms with Crippen molar-refractivity contribution < 1.29 is 14.3 Å². The zero-order valence-electron chi connectivity index (χ0n) is 14.9. The van der Waals surface area contributed by atoms with Gasteiger partial charge in [-0.3, -0.25) is 4.79 Å². The highest BCUT2D eigenvalue weighted by Gasteiger charge is 2.29. The van der Waals surface area contributed by atoms with Gasteiger partial charge in [-0.15, -0.1) is 0 Å². The Morgan fingerprint density at radius 1 is 1.00 bits per heavy atom. The number of hydrogen-bond donors (Lipinski definition) is 0. The van der Waals surface area contributed by atoms with Gasteiger partial charge >= 0.3 is 0 Å². The van der Waals surface area contributed by atoms with Gasteiger partial charge in [-0.25, -0.2) is 0 Å². The molecule has 25 heavy (non-hydrogen) atoms. The number of likely N-dealkylation sites (tertiary alicyclic amines) is 1. The fraction of sp³-hybridized carbons (Fsp3) is 0.381. The van der Waals surface area contributed by atoms with E-state index in [2.05, 4.69) is 12.1 Å². The molecule has 1 saturated heterocycles. The molecule has 1 amide bonds. The lowest BCUT2D eigenvalue weighted by Crippen LogP contribution is -2.30. The number of methoxy groups -OCH3 is 2. The average molecular weight is 339 g/mol. The standard InChI is InChI=1S/C21H25NO3/c1-24-18-10-5-16(6-11-18)7-14-21(23)22-15-3-4-20(22)17-8-12-19(25-2)13-9-17/h5-6,8-13,20H,3-4,7,14-15H2,1-2H3. The van der Waals surface area contributed by atoms with E-state index < -0.39 is 0 Å². The summed E-state index contributed by atoms with van der Waals surface area (Å²) in [6.07, 6.45) is 3.39. The Morgan fingerprint density at radius 3 is 2.20 bits per heavy atom. The van der Waals surface area contributed by atoms with Crippen LogP contribution >= 0.6 is 0 Å². The highest BCUT2D eigenvalue weighted by atomic mass is 16.5. The summed E-state index contributed by atoms with van der Waals surface area (Å²) in [4.78, 5) is 14.8.